The zero-order valence-corrected chi connectivity index (χ0v) is 12.1. The van der Waals surface area contributed by atoms with Gasteiger partial charge in [0.1, 0.15) is 5.69 Å². The van der Waals surface area contributed by atoms with Crippen LogP contribution in [-0.2, 0) is 0 Å². The molecule has 0 bridgehead atoms. The highest BCUT2D eigenvalue weighted by molar-refractivity contribution is 5.85. The Morgan fingerprint density at radius 3 is 2.90 bits per heavy atom. The van der Waals surface area contributed by atoms with Gasteiger partial charge in [-0.1, -0.05) is 18.0 Å². The van der Waals surface area contributed by atoms with Crippen molar-refractivity contribution in [3.05, 3.63) is 24.5 Å². The number of aromatic nitrogens is 4. The zero-order chi connectivity index (χ0) is 13.3. The second kappa shape index (κ2) is 5.85. The van der Waals surface area contributed by atoms with E-state index in [1.54, 1.807) is 18.6 Å². The Labute approximate surface area is 123 Å². The van der Waals surface area contributed by atoms with Gasteiger partial charge in [0.25, 0.3) is 0 Å². The van der Waals surface area contributed by atoms with Gasteiger partial charge in [0.05, 0.1) is 12.1 Å². The van der Waals surface area contributed by atoms with E-state index in [1.807, 2.05) is 0 Å². The van der Waals surface area contributed by atoms with Crippen LogP contribution in [0.2, 0.25) is 0 Å². The lowest BCUT2D eigenvalue weighted by Gasteiger charge is -2.35. The number of hydrogen-bond donors (Lipinski definition) is 1. The van der Waals surface area contributed by atoms with Crippen molar-refractivity contribution in [1.82, 2.24) is 20.1 Å². The molecule has 1 saturated carbocycles. The average Bonchev–Trinajstić information content (AvgIpc) is 2.88. The van der Waals surface area contributed by atoms with Crippen LogP contribution in [0, 0.1) is 0 Å². The lowest BCUT2D eigenvalue weighted by Crippen LogP contribution is -2.44. The van der Waals surface area contributed by atoms with Gasteiger partial charge < -0.3 is 10.3 Å². The quantitative estimate of drug-likeness (QED) is 0.914. The van der Waals surface area contributed by atoms with Crippen LogP contribution in [0.1, 0.15) is 44.4 Å². The van der Waals surface area contributed by atoms with Crippen molar-refractivity contribution in [2.24, 2.45) is 5.73 Å². The van der Waals surface area contributed by atoms with E-state index in [0.29, 0.717) is 17.4 Å². The van der Waals surface area contributed by atoms with Crippen molar-refractivity contribution in [2.75, 3.05) is 0 Å². The molecule has 0 aromatic carbocycles. The minimum Gasteiger partial charge on any atom is -0.339 e. The second-order valence-electron chi connectivity index (χ2n) is 5.35. The second-order valence-corrected chi connectivity index (χ2v) is 5.35. The molecule has 7 heteroatoms. The fraction of sp³-hybridized carbons (Fsp3) is 0.538. The molecule has 6 nitrogen and oxygen atoms in total. The van der Waals surface area contributed by atoms with Crippen LogP contribution in [0.15, 0.2) is 23.1 Å². The maximum atomic E-state index is 6.35. The summed E-state index contributed by atoms with van der Waals surface area (Å²) in [5.41, 5.74) is 6.69. The third-order valence-electron chi connectivity index (χ3n) is 3.79. The summed E-state index contributed by atoms with van der Waals surface area (Å²) >= 11 is 0. The van der Waals surface area contributed by atoms with Crippen LogP contribution in [0.25, 0.3) is 11.5 Å². The number of nitrogens with zero attached hydrogens (tertiary/aromatic N) is 4. The summed E-state index contributed by atoms with van der Waals surface area (Å²) < 4.78 is 5.39. The first-order valence-electron chi connectivity index (χ1n) is 6.56. The molecule has 2 N–H and O–H groups in total. The summed E-state index contributed by atoms with van der Waals surface area (Å²) in [5, 5.41) is 3.98. The Morgan fingerprint density at radius 1 is 1.35 bits per heavy atom. The number of nitrogens with two attached hydrogens (primary N) is 1. The minimum absolute atomic E-state index is 0. The molecule has 2 aromatic rings. The Hall–Kier alpha value is -1.53. The average molecular weight is 296 g/mol. The Bertz CT molecular complexity index is 557. The van der Waals surface area contributed by atoms with Gasteiger partial charge in [-0.2, -0.15) is 4.98 Å². The molecular weight excluding hydrogens is 278 g/mol. The molecule has 2 atom stereocenters. The van der Waals surface area contributed by atoms with Gasteiger partial charge in [0, 0.05) is 17.9 Å². The summed E-state index contributed by atoms with van der Waals surface area (Å²) in [6.45, 7) is 2.06. The highest BCUT2D eigenvalue weighted by atomic mass is 35.5. The molecule has 108 valence electrons. The largest absolute Gasteiger partial charge is 0.339 e. The lowest BCUT2D eigenvalue weighted by molar-refractivity contribution is 0.223. The van der Waals surface area contributed by atoms with Crippen LogP contribution in [0.5, 0.6) is 0 Å². The Balaban J connectivity index is 0.00000147. The van der Waals surface area contributed by atoms with Crippen LogP contribution in [0.4, 0.5) is 0 Å². The van der Waals surface area contributed by atoms with Gasteiger partial charge in [0.2, 0.25) is 11.7 Å². The van der Waals surface area contributed by atoms with E-state index in [-0.39, 0.29) is 23.9 Å². The van der Waals surface area contributed by atoms with Crippen molar-refractivity contribution in [3.63, 3.8) is 0 Å². The van der Waals surface area contributed by atoms with E-state index >= 15 is 0 Å². The number of rotatable bonds is 2. The fourth-order valence-electron chi connectivity index (χ4n) is 2.66. The van der Waals surface area contributed by atoms with Crippen molar-refractivity contribution < 1.29 is 4.52 Å². The van der Waals surface area contributed by atoms with E-state index in [9.17, 15) is 0 Å². The molecule has 2 aromatic heterocycles. The molecular formula is C13H18ClN5O. The number of hydrogen-bond acceptors (Lipinski definition) is 6. The summed E-state index contributed by atoms with van der Waals surface area (Å²) in [7, 11) is 0. The summed E-state index contributed by atoms with van der Waals surface area (Å²) in [6.07, 6.45) is 9.14. The molecule has 0 radical (unpaired) electrons. The molecule has 0 aliphatic heterocycles. The first-order valence-corrected chi connectivity index (χ1v) is 6.56. The summed E-state index contributed by atoms with van der Waals surface area (Å²) in [4.78, 5) is 12.6. The topological polar surface area (TPSA) is 90.7 Å². The van der Waals surface area contributed by atoms with Gasteiger partial charge in [0.15, 0.2) is 0 Å². The molecule has 2 heterocycles. The summed E-state index contributed by atoms with van der Waals surface area (Å²) in [5.74, 6) is 1.22. The predicted octanol–water partition coefficient (Wildman–Crippen LogP) is 2.32. The third kappa shape index (κ3) is 2.81. The smallest absolute Gasteiger partial charge is 0.231 e. The summed E-state index contributed by atoms with van der Waals surface area (Å²) in [6, 6.07) is 0. The minimum atomic E-state index is -0.273. The SMILES string of the molecule is CC1(N)CCCCC1c1nc(-c2cnccn2)no1.Cl. The number of halogens is 1. The van der Waals surface area contributed by atoms with Gasteiger partial charge >= 0.3 is 0 Å². The van der Waals surface area contributed by atoms with E-state index in [2.05, 4.69) is 27.0 Å². The van der Waals surface area contributed by atoms with E-state index in [4.69, 9.17) is 10.3 Å². The van der Waals surface area contributed by atoms with Crippen LogP contribution in [0.3, 0.4) is 0 Å². The molecule has 1 fully saturated rings. The molecule has 0 saturated heterocycles. The molecule has 3 rings (SSSR count). The first-order chi connectivity index (χ1) is 9.17. The van der Waals surface area contributed by atoms with Gasteiger partial charge in [-0.15, -0.1) is 12.4 Å². The van der Waals surface area contributed by atoms with Crippen LogP contribution >= 0.6 is 12.4 Å². The van der Waals surface area contributed by atoms with E-state index < -0.39 is 0 Å². The Morgan fingerprint density at radius 2 is 2.20 bits per heavy atom. The zero-order valence-electron chi connectivity index (χ0n) is 11.3. The molecule has 0 amide bonds. The van der Waals surface area contributed by atoms with Crippen molar-refractivity contribution in [3.8, 4) is 11.5 Å². The Kier molecular flexibility index (Phi) is 4.35. The van der Waals surface area contributed by atoms with Crippen molar-refractivity contribution in [2.45, 2.75) is 44.1 Å². The monoisotopic (exact) mass is 295 g/mol. The van der Waals surface area contributed by atoms with Crippen LogP contribution < -0.4 is 5.73 Å². The maximum Gasteiger partial charge on any atom is 0.231 e. The predicted molar refractivity (Wildman–Crippen MR) is 76.4 cm³/mol. The third-order valence-corrected chi connectivity index (χ3v) is 3.79. The maximum absolute atomic E-state index is 6.35. The van der Waals surface area contributed by atoms with Gasteiger partial charge in [-0.3, -0.25) is 4.98 Å². The molecule has 20 heavy (non-hydrogen) atoms. The normalized spacial score (nSPS) is 26.0. The molecule has 2 unspecified atom stereocenters. The van der Waals surface area contributed by atoms with Gasteiger partial charge in [-0.05, 0) is 19.8 Å². The van der Waals surface area contributed by atoms with E-state index in [1.165, 1.54) is 0 Å². The standard InChI is InChI=1S/C13H17N5O.ClH/c1-13(14)5-3-2-4-9(13)12-17-11(18-19-12)10-8-15-6-7-16-10;/h6-9H,2-5,14H2,1H3;1H. The van der Waals surface area contributed by atoms with Crippen molar-refractivity contribution in [1.29, 1.82) is 0 Å². The fourth-order valence-corrected chi connectivity index (χ4v) is 2.66. The van der Waals surface area contributed by atoms with Crippen LogP contribution in [-0.4, -0.2) is 25.6 Å². The lowest BCUT2D eigenvalue weighted by atomic mass is 9.74. The first kappa shape index (κ1) is 14.9. The molecule has 1 aliphatic rings. The van der Waals surface area contributed by atoms with E-state index in [0.717, 1.165) is 25.7 Å². The van der Waals surface area contributed by atoms with Gasteiger partial charge in [-0.25, -0.2) is 4.98 Å². The highest BCUT2D eigenvalue weighted by Gasteiger charge is 2.37. The highest BCUT2D eigenvalue weighted by Crippen LogP contribution is 2.38. The van der Waals surface area contributed by atoms with Crippen molar-refractivity contribution >= 4 is 12.4 Å². The molecule has 0 spiro atoms. The molecule has 1 aliphatic carbocycles.